The highest BCUT2D eigenvalue weighted by molar-refractivity contribution is 5.80. The van der Waals surface area contributed by atoms with E-state index >= 15 is 0 Å². The van der Waals surface area contributed by atoms with Crippen LogP contribution in [-0.2, 0) is 4.79 Å². The zero-order valence-electron chi connectivity index (χ0n) is 11.4. The van der Waals surface area contributed by atoms with Crippen LogP contribution in [0.25, 0.3) is 0 Å². The van der Waals surface area contributed by atoms with Gasteiger partial charge in [0, 0.05) is 32.2 Å². The molecule has 6 heteroatoms. The van der Waals surface area contributed by atoms with Gasteiger partial charge < -0.3 is 19.9 Å². The lowest BCUT2D eigenvalue weighted by Crippen LogP contribution is -2.48. The minimum absolute atomic E-state index is 0.129. The summed E-state index contributed by atoms with van der Waals surface area (Å²) in [5.41, 5.74) is 0.822. The van der Waals surface area contributed by atoms with Crippen molar-refractivity contribution in [2.75, 3.05) is 52.2 Å². The first-order valence-corrected chi connectivity index (χ1v) is 6.39. The van der Waals surface area contributed by atoms with E-state index in [0.29, 0.717) is 12.4 Å². The number of nitrogens with zero attached hydrogens (tertiary/aromatic N) is 3. The molecule has 1 N–H and O–H groups in total. The number of carbonyl (C=O) groups is 1. The molecule has 1 aromatic heterocycles. The molecule has 0 aliphatic carbocycles. The molecule has 6 nitrogen and oxygen atoms in total. The standard InChI is InChI=1S/C13H20N4O2/c1-16-5-7-17(8-6-16)13(18)10-14-11-3-4-12(19-2)15-9-11/h3-4,9,14H,5-8,10H2,1-2H3. The minimum Gasteiger partial charge on any atom is -0.481 e. The molecule has 2 rings (SSSR count). The van der Waals surface area contributed by atoms with E-state index < -0.39 is 0 Å². The van der Waals surface area contributed by atoms with E-state index in [1.165, 1.54) is 0 Å². The number of carbonyl (C=O) groups excluding carboxylic acids is 1. The lowest BCUT2D eigenvalue weighted by atomic mass is 10.3. The van der Waals surface area contributed by atoms with Gasteiger partial charge in [0.25, 0.3) is 0 Å². The average Bonchev–Trinajstić information content (AvgIpc) is 2.46. The van der Waals surface area contributed by atoms with Gasteiger partial charge >= 0.3 is 0 Å². The number of amides is 1. The molecular formula is C13H20N4O2. The molecule has 0 saturated carbocycles. The predicted molar refractivity (Wildman–Crippen MR) is 73.4 cm³/mol. The molecule has 0 atom stereocenters. The summed E-state index contributed by atoms with van der Waals surface area (Å²) in [6.45, 7) is 3.79. The van der Waals surface area contributed by atoms with Crippen molar-refractivity contribution in [2.24, 2.45) is 0 Å². The topological polar surface area (TPSA) is 57.7 Å². The Balaban J connectivity index is 1.79. The van der Waals surface area contributed by atoms with Gasteiger partial charge in [-0.2, -0.15) is 0 Å². The third kappa shape index (κ3) is 3.82. The van der Waals surface area contributed by atoms with Crippen LogP contribution in [0, 0.1) is 0 Å². The Morgan fingerprint density at radius 1 is 1.37 bits per heavy atom. The van der Waals surface area contributed by atoms with Crippen molar-refractivity contribution in [1.29, 1.82) is 0 Å². The Bertz CT molecular complexity index is 413. The van der Waals surface area contributed by atoms with Crippen LogP contribution in [0.5, 0.6) is 5.88 Å². The first kappa shape index (κ1) is 13.6. The lowest BCUT2D eigenvalue weighted by Gasteiger charge is -2.32. The number of hydrogen-bond donors (Lipinski definition) is 1. The highest BCUT2D eigenvalue weighted by atomic mass is 16.5. The van der Waals surface area contributed by atoms with Gasteiger partial charge in [-0.3, -0.25) is 4.79 Å². The Labute approximate surface area is 113 Å². The van der Waals surface area contributed by atoms with E-state index in [0.717, 1.165) is 31.9 Å². The lowest BCUT2D eigenvalue weighted by molar-refractivity contribution is -0.130. The maximum Gasteiger partial charge on any atom is 0.241 e. The van der Waals surface area contributed by atoms with Crippen molar-refractivity contribution in [3.63, 3.8) is 0 Å². The van der Waals surface area contributed by atoms with Crippen molar-refractivity contribution in [2.45, 2.75) is 0 Å². The van der Waals surface area contributed by atoms with Crippen LogP contribution in [-0.4, -0.2) is 67.6 Å². The molecule has 1 saturated heterocycles. The molecule has 2 heterocycles. The minimum atomic E-state index is 0.129. The normalized spacial score (nSPS) is 16.2. The van der Waals surface area contributed by atoms with Gasteiger partial charge in [-0.25, -0.2) is 4.98 Å². The predicted octanol–water partition coefficient (Wildman–Crippen LogP) is 0.276. The Hall–Kier alpha value is -1.82. The number of ether oxygens (including phenoxy) is 1. The van der Waals surface area contributed by atoms with Gasteiger partial charge in [0.1, 0.15) is 0 Å². The SMILES string of the molecule is COc1ccc(NCC(=O)N2CCN(C)CC2)cn1. The summed E-state index contributed by atoms with van der Waals surface area (Å²) in [6, 6.07) is 3.62. The van der Waals surface area contributed by atoms with Gasteiger partial charge in [-0.15, -0.1) is 0 Å². The average molecular weight is 264 g/mol. The van der Waals surface area contributed by atoms with E-state index in [9.17, 15) is 4.79 Å². The van der Waals surface area contributed by atoms with E-state index in [1.54, 1.807) is 19.4 Å². The molecule has 0 bridgehead atoms. The van der Waals surface area contributed by atoms with E-state index in [2.05, 4.69) is 22.2 Å². The Kier molecular flexibility index (Phi) is 4.57. The van der Waals surface area contributed by atoms with Crippen molar-refractivity contribution < 1.29 is 9.53 Å². The van der Waals surface area contributed by atoms with Crippen LogP contribution in [0.1, 0.15) is 0 Å². The number of likely N-dealkylation sites (N-methyl/N-ethyl adjacent to an activating group) is 1. The van der Waals surface area contributed by atoms with Gasteiger partial charge in [-0.1, -0.05) is 0 Å². The van der Waals surface area contributed by atoms with Crippen molar-refractivity contribution in [1.82, 2.24) is 14.8 Å². The van der Waals surface area contributed by atoms with Crippen LogP contribution >= 0.6 is 0 Å². The monoisotopic (exact) mass is 264 g/mol. The highest BCUT2D eigenvalue weighted by Gasteiger charge is 2.18. The molecule has 0 radical (unpaired) electrons. The Morgan fingerprint density at radius 3 is 2.68 bits per heavy atom. The second-order valence-corrected chi connectivity index (χ2v) is 4.63. The fourth-order valence-corrected chi connectivity index (χ4v) is 1.95. The summed E-state index contributed by atoms with van der Waals surface area (Å²) < 4.78 is 4.98. The molecule has 0 unspecified atom stereocenters. The van der Waals surface area contributed by atoms with E-state index in [4.69, 9.17) is 4.74 Å². The second-order valence-electron chi connectivity index (χ2n) is 4.63. The summed E-state index contributed by atoms with van der Waals surface area (Å²) in [7, 11) is 3.65. The largest absolute Gasteiger partial charge is 0.481 e. The third-order valence-electron chi connectivity index (χ3n) is 3.25. The summed E-state index contributed by atoms with van der Waals surface area (Å²) in [5.74, 6) is 0.694. The quantitative estimate of drug-likeness (QED) is 0.846. The van der Waals surface area contributed by atoms with Crippen LogP contribution < -0.4 is 10.1 Å². The van der Waals surface area contributed by atoms with Gasteiger partial charge in [0.05, 0.1) is 25.5 Å². The number of rotatable bonds is 4. The number of aromatic nitrogens is 1. The van der Waals surface area contributed by atoms with Gasteiger partial charge in [-0.05, 0) is 13.1 Å². The summed E-state index contributed by atoms with van der Waals surface area (Å²) in [4.78, 5) is 20.2. The molecule has 0 aromatic carbocycles. The summed E-state index contributed by atoms with van der Waals surface area (Å²) in [6.07, 6.45) is 1.66. The molecule has 104 valence electrons. The van der Waals surface area contributed by atoms with E-state index in [-0.39, 0.29) is 5.91 Å². The highest BCUT2D eigenvalue weighted by Crippen LogP contribution is 2.10. The molecule has 1 aliphatic rings. The molecule has 0 spiro atoms. The molecule has 1 aliphatic heterocycles. The van der Waals surface area contributed by atoms with Gasteiger partial charge in [0.2, 0.25) is 11.8 Å². The van der Waals surface area contributed by atoms with Crippen LogP contribution in [0.15, 0.2) is 18.3 Å². The third-order valence-corrected chi connectivity index (χ3v) is 3.25. The molecule has 1 fully saturated rings. The number of nitrogens with one attached hydrogen (secondary N) is 1. The summed E-state index contributed by atoms with van der Waals surface area (Å²) >= 11 is 0. The fourth-order valence-electron chi connectivity index (χ4n) is 1.95. The first-order valence-electron chi connectivity index (χ1n) is 6.39. The molecule has 1 aromatic rings. The molecular weight excluding hydrogens is 244 g/mol. The van der Waals surface area contributed by atoms with Crippen molar-refractivity contribution in [3.05, 3.63) is 18.3 Å². The maximum absolute atomic E-state index is 12.0. The number of piperazine rings is 1. The number of pyridine rings is 1. The number of methoxy groups -OCH3 is 1. The Morgan fingerprint density at radius 2 is 2.11 bits per heavy atom. The number of anilines is 1. The van der Waals surface area contributed by atoms with Crippen molar-refractivity contribution >= 4 is 11.6 Å². The van der Waals surface area contributed by atoms with Crippen LogP contribution in [0.3, 0.4) is 0 Å². The fraction of sp³-hybridized carbons (Fsp3) is 0.538. The van der Waals surface area contributed by atoms with Crippen LogP contribution in [0.4, 0.5) is 5.69 Å². The van der Waals surface area contributed by atoms with Crippen molar-refractivity contribution in [3.8, 4) is 5.88 Å². The van der Waals surface area contributed by atoms with Gasteiger partial charge in [0.15, 0.2) is 0 Å². The maximum atomic E-state index is 12.0. The second kappa shape index (κ2) is 6.38. The molecule has 1 amide bonds. The van der Waals surface area contributed by atoms with E-state index in [1.807, 2.05) is 11.0 Å². The first-order chi connectivity index (χ1) is 9.19. The zero-order valence-corrected chi connectivity index (χ0v) is 11.4. The number of hydrogen-bond acceptors (Lipinski definition) is 5. The smallest absolute Gasteiger partial charge is 0.241 e. The molecule has 19 heavy (non-hydrogen) atoms. The van der Waals surface area contributed by atoms with Crippen LogP contribution in [0.2, 0.25) is 0 Å². The summed E-state index contributed by atoms with van der Waals surface area (Å²) in [5, 5.41) is 3.08. The zero-order chi connectivity index (χ0) is 13.7.